The van der Waals surface area contributed by atoms with Gasteiger partial charge >= 0.3 is 0 Å². The van der Waals surface area contributed by atoms with Crippen LogP contribution < -0.4 is 16.0 Å². The molecule has 8 heteroatoms. The molecule has 1 fully saturated rings. The molecule has 3 N–H and O–H groups in total. The fourth-order valence-electron chi connectivity index (χ4n) is 4.75. The van der Waals surface area contributed by atoms with Crippen molar-refractivity contribution in [2.45, 2.75) is 25.8 Å². The molecule has 0 saturated carbocycles. The summed E-state index contributed by atoms with van der Waals surface area (Å²) in [5, 5.41) is 8.46. The summed E-state index contributed by atoms with van der Waals surface area (Å²) in [6, 6.07) is 22.5. The Kier molecular flexibility index (Phi) is 7.28. The molecule has 0 aromatic heterocycles. The third-order valence-electron chi connectivity index (χ3n) is 6.58. The number of anilines is 2. The number of amides is 2. The predicted octanol–water partition coefficient (Wildman–Crippen LogP) is 5.21. The number of likely N-dealkylation sites (tertiary alicyclic amines) is 1. The molecule has 0 unspecified atom stereocenters. The molecule has 3 aromatic rings. The summed E-state index contributed by atoms with van der Waals surface area (Å²) in [5.74, 6) is -0.928. The Labute approximate surface area is 214 Å². The van der Waals surface area contributed by atoms with Crippen LogP contribution in [0.2, 0.25) is 0 Å². The van der Waals surface area contributed by atoms with Gasteiger partial charge in [-0.1, -0.05) is 48.5 Å². The van der Waals surface area contributed by atoms with Gasteiger partial charge in [0.1, 0.15) is 0 Å². The first-order valence-corrected chi connectivity index (χ1v) is 12.4. The second-order valence-corrected chi connectivity index (χ2v) is 9.24. The lowest BCUT2D eigenvalue weighted by Gasteiger charge is -2.17. The minimum atomic E-state index is -2.64. The molecule has 0 bridgehead atoms. The van der Waals surface area contributed by atoms with E-state index in [1.165, 1.54) is 30.5 Å². The molecule has 0 radical (unpaired) electrons. The molecule has 37 heavy (non-hydrogen) atoms. The maximum atomic E-state index is 13.2. The normalized spacial score (nSPS) is 16.5. The molecule has 1 saturated heterocycles. The van der Waals surface area contributed by atoms with E-state index < -0.39 is 18.9 Å². The molecule has 3 aromatic carbocycles. The number of hydrogen-bond acceptors (Lipinski definition) is 4. The third kappa shape index (κ3) is 5.70. The zero-order chi connectivity index (χ0) is 25.8. The number of nitrogens with one attached hydrogen (secondary N) is 3. The number of halogens is 2. The molecule has 2 amide bonds. The van der Waals surface area contributed by atoms with Crippen LogP contribution in [0.5, 0.6) is 0 Å². The highest BCUT2D eigenvalue weighted by molar-refractivity contribution is 6.37. The van der Waals surface area contributed by atoms with Gasteiger partial charge in [0, 0.05) is 29.0 Å². The summed E-state index contributed by atoms with van der Waals surface area (Å²) < 4.78 is 25.0. The van der Waals surface area contributed by atoms with Crippen LogP contribution in [0.4, 0.5) is 20.2 Å². The fraction of sp³-hybridized carbons (Fsp3) is 0.241. The highest BCUT2D eigenvalue weighted by Crippen LogP contribution is 2.38. The minimum absolute atomic E-state index is 0.198. The highest BCUT2D eigenvalue weighted by atomic mass is 19.3. The van der Waals surface area contributed by atoms with Crippen molar-refractivity contribution in [1.29, 1.82) is 0 Å². The number of hydrogen-bond donors (Lipinski definition) is 3. The summed E-state index contributed by atoms with van der Waals surface area (Å²) >= 11 is 0. The van der Waals surface area contributed by atoms with E-state index in [0.717, 1.165) is 30.9 Å². The fourth-order valence-corrected chi connectivity index (χ4v) is 4.75. The van der Waals surface area contributed by atoms with Crippen molar-refractivity contribution in [1.82, 2.24) is 10.2 Å². The Morgan fingerprint density at radius 2 is 1.68 bits per heavy atom. The predicted molar refractivity (Wildman–Crippen MR) is 141 cm³/mol. The van der Waals surface area contributed by atoms with Crippen LogP contribution in [0.3, 0.4) is 0 Å². The quantitative estimate of drug-likeness (QED) is 0.370. The summed E-state index contributed by atoms with van der Waals surface area (Å²) in [6.07, 6.45) is -0.139. The van der Waals surface area contributed by atoms with Crippen molar-refractivity contribution in [3.8, 4) is 0 Å². The lowest BCUT2D eigenvalue weighted by Crippen LogP contribution is -2.28. The summed E-state index contributed by atoms with van der Waals surface area (Å²) in [7, 11) is 0. The number of fused-ring (bicyclic) bond motifs is 1. The Balaban J connectivity index is 1.45. The summed E-state index contributed by atoms with van der Waals surface area (Å²) in [4.78, 5) is 27.9. The zero-order valence-corrected chi connectivity index (χ0v) is 20.3. The molecule has 0 spiro atoms. The Bertz CT molecular complexity index is 1320. The van der Waals surface area contributed by atoms with E-state index in [9.17, 15) is 18.4 Å². The number of rotatable bonds is 8. The molecule has 5 rings (SSSR count). The van der Waals surface area contributed by atoms with Gasteiger partial charge in [0.05, 0.1) is 17.8 Å². The standard InChI is InChI=1S/C29H28F2N4O2/c30-25(31)17-32-28(36)21-10-13-23-24(16-21)34-29(37)26(23)27(20-6-2-1-3-7-20)33-22-11-8-19(9-12-22)18-35-14-4-5-15-35/h1-3,6-13,16,25,33H,4-5,14-15,17-18H2,(H,32,36)(H,34,37)/b27-26-. The van der Waals surface area contributed by atoms with Crippen molar-refractivity contribution < 1.29 is 18.4 Å². The van der Waals surface area contributed by atoms with Crippen molar-refractivity contribution in [2.75, 3.05) is 30.3 Å². The van der Waals surface area contributed by atoms with E-state index in [2.05, 4.69) is 33.0 Å². The van der Waals surface area contributed by atoms with E-state index in [1.54, 1.807) is 6.07 Å². The summed E-state index contributed by atoms with van der Waals surface area (Å²) in [6.45, 7) is 2.46. The molecular formula is C29H28F2N4O2. The number of benzene rings is 3. The van der Waals surface area contributed by atoms with Crippen LogP contribution in [0.1, 0.15) is 39.9 Å². The number of nitrogens with zero attached hydrogens (tertiary/aromatic N) is 1. The number of carbonyl (C=O) groups is 2. The van der Waals surface area contributed by atoms with Crippen LogP contribution in [-0.2, 0) is 11.3 Å². The monoisotopic (exact) mass is 502 g/mol. The van der Waals surface area contributed by atoms with Gasteiger partial charge in [0.15, 0.2) is 0 Å². The Morgan fingerprint density at radius 1 is 0.946 bits per heavy atom. The van der Waals surface area contributed by atoms with Gasteiger partial charge in [-0.05, 0) is 61.3 Å². The van der Waals surface area contributed by atoms with E-state index in [4.69, 9.17) is 0 Å². The van der Waals surface area contributed by atoms with Gasteiger partial charge < -0.3 is 16.0 Å². The van der Waals surface area contributed by atoms with Crippen LogP contribution in [-0.4, -0.2) is 42.8 Å². The van der Waals surface area contributed by atoms with E-state index in [1.807, 2.05) is 42.5 Å². The lowest BCUT2D eigenvalue weighted by atomic mass is 9.98. The maximum Gasteiger partial charge on any atom is 0.258 e. The first-order valence-electron chi connectivity index (χ1n) is 12.4. The first-order chi connectivity index (χ1) is 18.0. The van der Waals surface area contributed by atoms with E-state index >= 15 is 0 Å². The average Bonchev–Trinajstić information content (AvgIpc) is 3.53. The van der Waals surface area contributed by atoms with E-state index in [-0.39, 0.29) is 11.5 Å². The molecule has 2 aliphatic rings. The molecule has 6 nitrogen and oxygen atoms in total. The van der Waals surface area contributed by atoms with Gasteiger partial charge in [-0.2, -0.15) is 0 Å². The van der Waals surface area contributed by atoms with Crippen LogP contribution in [0.15, 0.2) is 72.8 Å². The van der Waals surface area contributed by atoms with Gasteiger partial charge in [-0.3, -0.25) is 14.5 Å². The smallest absolute Gasteiger partial charge is 0.258 e. The van der Waals surface area contributed by atoms with Gasteiger partial charge in [-0.15, -0.1) is 0 Å². The molecule has 0 aliphatic carbocycles. The van der Waals surface area contributed by atoms with E-state index in [0.29, 0.717) is 22.5 Å². The van der Waals surface area contributed by atoms with Gasteiger partial charge in [-0.25, -0.2) is 8.78 Å². The zero-order valence-electron chi connectivity index (χ0n) is 20.3. The second kappa shape index (κ2) is 10.9. The SMILES string of the molecule is O=C1Nc2cc(C(=O)NCC(F)F)ccc2/C1=C(/Nc1ccc(CN2CCCC2)cc1)c1ccccc1. The Morgan fingerprint density at radius 3 is 2.38 bits per heavy atom. The van der Waals surface area contributed by atoms with Gasteiger partial charge in [0.25, 0.3) is 18.2 Å². The van der Waals surface area contributed by atoms with Crippen molar-refractivity contribution >= 4 is 34.5 Å². The Hall–Kier alpha value is -4.04. The van der Waals surface area contributed by atoms with Gasteiger partial charge in [0.2, 0.25) is 0 Å². The van der Waals surface area contributed by atoms with Crippen molar-refractivity contribution in [3.63, 3.8) is 0 Å². The molecule has 190 valence electrons. The van der Waals surface area contributed by atoms with Crippen LogP contribution >= 0.6 is 0 Å². The maximum absolute atomic E-state index is 13.2. The molecule has 0 atom stereocenters. The number of carbonyl (C=O) groups excluding carboxylic acids is 2. The summed E-state index contributed by atoms with van der Waals surface area (Å²) in [5.41, 5.74) is 5.29. The minimum Gasteiger partial charge on any atom is -0.354 e. The highest BCUT2D eigenvalue weighted by Gasteiger charge is 2.29. The van der Waals surface area contributed by atoms with Crippen molar-refractivity contribution in [2.24, 2.45) is 0 Å². The largest absolute Gasteiger partial charge is 0.354 e. The van der Waals surface area contributed by atoms with Crippen LogP contribution in [0.25, 0.3) is 11.3 Å². The number of alkyl halides is 2. The molecule has 2 heterocycles. The third-order valence-corrected chi connectivity index (χ3v) is 6.58. The first kappa shape index (κ1) is 24.6. The molecule has 2 aliphatic heterocycles. The second-order valence-electron chi connectivity index (χ2n) is 9.24. The average molecular weight is 503 g/mol. The van der Waals surface area contributed by atoms with Crippen LogP contribution in [0, 0.1) is 0 Å². The van der Waals surface area contributed by atoms with Crippen molar-refractivity contribution in [3.05, 3.63) is 95.1 Å². The topological polar surface area (TPSA) is 73.5 Å². The molecular weight excluding hydrogens is 474 g/mol. The lowest BCUT2D eigenvalue weighted by molar-refractivity contribution is -0.110.